The molecule has 75 heavy (non-hydrogen) atoms. The van der Waals surface area contributed by atoms with Gasteiger partial charge in [0, 0.05) is 19.3 Å². The Balaban J connectivity index is 4.23. The van der Waals surface area contributed by atoms with Gasteiger partial charge in [0.25, 0.3) is 0 Å². The van der Waals surface area contributed by atoms with Gasteiger partial charge in [-0.2, -0.15) is 0 Å². The number of ether oxygens (including phenoxy) is 3. The molecule has 0 fully saturated rings. The summed E-state index contributed by atoms with van der Waals surface area (Å²) in [6.07, 6.45) is 85.4. The molecule has 0 aliphatic carbocycles. The number of carbonyl (C=O) groups excluding carboxylic acids is 3. The molecule has 0 bridgehead atoms. The van der Waals surface area contributed by atoms with Crippen LogP contribution in [0.1, 0.15) is 290 Å². The van der Waals surface area contributed by atoms with Crippen LogP contribution in [0.4, 0.5) is 0 Å². The fraction of sp³-hybridized carbons (Fsp3) is 0.696. The highest BCUT2D eigenvalue weighted by Gasteiger charge is 2.19. The van der Waals surface area contributed by atoms with Crippen molar-refractivity contribution in [2.75, 3.05) is 13.2 Å². The number of unbranched alkanes of at least 4 members (excludes halogenated alkanes) is 27. The normalized spacial score (nSPS) is 12.8. The van der Waals surface area contributed by atoms with Crippen LogP contribution in [0.2, 0.25) is 0 Å². The highest BCUT2D eigenvalue weighted by atomic mass is 16.6. The van der Waals surface area contributed by atoms with Gasteiger partial charge in [-0.1, -0.05) is 271 Å². The quantitative estimate of drug-likeness (QED) is 0.0261. The summed E-state index contributed by atoms with van der Waals surface area (Å²) in [5.74, 6) is -0.926. The minimum atomic E-state index is -0.792. The SMILES string of the molecule is CC/C=C\C/C=C\C/C=C\C/C=C\C/C=C\C/C=C\C/C=C\CCCCCC(=O)OCC(COC(=O)CCCCCCCCC)OC(=O)CCCCCCCCCCCCCCC/C=C\C/C=C\CCCCCCC. The lowest BCUT2D eigenvalue weighted by Crippen LogP contribution is -2.30. The van der Waals surface area contributed by atoms with Gasteiger partial charge >= 0.3 is 17.9 Å². The molecule has 0 aromatic rings. The molecular formula is C69H116O6. The topological polar surface area (TPSA) is 78.9 Å². The maximum absolute atomic E-state index is 12.9. The predicted molar refractivity (Wildman–Crippen MR) is 325 cm³/mol. The summed E-state index contributed by atoms with van der Waals surface area (Å²) in [4.78, 5) is 38.1. The van der Waals surface area contributed by atoms with Gasteiger partial charge in [0.15, 0.2) is 6.10 Å². The van der Waals surface area contributed by atoms with Crippen LogP contribution in [-0.2, 0) is 28.6 Å². The van der Waals surface area contributed by atoms with Crippen LogP contribution < -0.4 is 0 Å². The lowest BCUT2D eigenvalue weighted by Gasteiger charge is -2.18. The van der Waals surface area contributed by atoms with Crippen LogP contribution in [0.5, 0.6) is 0 Å². The Labute approximate surface area is 463 Å². The third-order valence-corrected chi connectivity index (χ3v) is 13.3. The maximum Gasteiger partial charge on any atom is 0.306 e. The van der Waals surface area contributed by atoms with Crippen LogP contribution >= 0.6 is 0 Å². The zero-order valence-corrected chi connectivity index (χ0v) is 49.0. The molecule has 0 aliphatic rings. The summed E-state index contributed by atoms with van der Waals surface area (Å²) in [6, 6.07) is 0. The van der Waals surface area contributed by atoms with E-state index in [2.05, 4.69) is 130 Å². The van der Waals surface area contributed by atoms with Crippen molar-refractivity contribution >= 4 is 17.9 Å². The molecule has 0 aromatic carbocycles. The largest absolute Gasteiger partial charge is 0.462 e. The maximum atomic E-state index is 12.9. The second-order valence-corrected chi connectivity index (χ2v) is 20.6. The number of rotatable bonds is 56. The van der Waals surface area contributed by atoms with Crippen molar-refractivity contribution in [2.24, 2.45) is 0 Å². The van der Waals surface area contributed by atoms with Gasteiger partial charge in [-0.25, -0.2) is 0 Å². The Morgan fingerprint density at radius 3 is 0.827 bits per heavy atom. The molecule has 0 saturated carbocycles. The minimum absolute atomic E-state index is 0.0888. The Bertz CT molecular complexity index is 1520. The first-order chi connectivity index (χ1) is 37.0. The fourth-order valence-corrected chi connectivity index (χ4v) is 8.57. The molecule has 1 atom stereocenters. The summed E-state index contributed by atoms with van der Waals surface area (Å²) in [5, 5.41) is 0. The first kappa shape index (κ1) is 71.1. The highest BCUT2D eigenvalue weighted by Crippen LogP contribution is 2.16. The second kappa shape index (κ2) is 62.6. The Morgan fingerprint density at radius 2 is 0.520 bits per heavy atom. The first-order valence-electron chi connectivity index (χ1n) is 31.4. The highest BCUT2D eigenvalue weighted by molar-refractivity contribution is 5.71. The molecule has 0 aliphatic heterocycles. The minimum Gasteiger partial charge on any atom is -0.462 e. The van der Waals surface area contributed by atoms with E-state index in [4.69, 9.17) is 14.2 Å². The molecule has 0 N–H and O–H groups in total. The van der Waals surface area contributed by atoms with E-state index in [-0.39, 0.29) is 31.1 Å². The van der Waals surface area contributed by atoms with Crippen LogP contribution in [0.15, 0.2) is 109 Å². The van der Waals surface area contributed by atoms with Crippen LogP contribution in [0.25, 0.3) is 0 Å². The predicted octanol–water partition coefficient (Wildman–Crippen LogP) is 21.4. The summed E-state index contributed by atoms with van der Waals surface area (Å²) >= 11 is 0. The smallest absolute Gasteiger partial charge is 0.306 e. The summed E-state index contributed by atoms with van der Waals surface area (Å²) in [7, 11) is 0. The van der Waals surface area contributed by atoms with Crippen molar-refractivity contribution in [1.29, 1.82) is 0 Å². The van der Waals surface area contributed by atoms with E-state index in [0.717, 1.165) is 116 Å². The average Bonchev–Trinajstić information content (AvgIpc) is 3.41. The third-order valence-electron chi connectivity index (χ3n) is 13.3. The van der Waals surface area contributed by atoms with Crippen molar-refractivity contribution in [3.05, 3.63) is 109 Å². The van der Waals surface area contributed by atoms with Crippen molar-refractivity contribution < 1.29 is 28.6 Å². The molecule has 0 aromatic heterocycles. The van der Waals surface area contributed by atoms with Gasteiger partial charge in [0.1, 0.15) is 13.2 Å². The molecule has 0 spiro atoms. The molecule has 1 unspecified atom stereocenters. The fourth-order valence-electron chi connectivity index (χ4n) is 8.57. The van der Waals surface area contributed by atoms with Crippen molar-refractivity contribution in [3.63, 3.8) is 0 Å². The van der Waals surface area contributed by atoms with E-state index in [1.54, 1.807) is 0 Å². The van der Waals surface area contributed by atoms with Crippen molar-refractivity contribution in [2.45, 2.75) is 297 Å². The Hall–Kier alpha value is -3.93. The van der Waals surface area contributed by atoms with E-state index in [9.17, 15) is 14.4 Å². The van der Waals surface area contributed by atoms with Crippen LogP contribution in [-0.4, -0.2) is 37.2 Å². The summed E-state index contributed by atoms with van der Waals surface area (Å²) in [6.45, 7) is 6.46. The zero-order valence-electron chi connectivity index (χ0n) is 49.0. The van der Waals surface area contributed by atoms with E-state index in [1.807, 2.05) is 0 Å². The van der Waals surface area contributed by atoms with Crippen molar-refractivity contribution in [1.82, 2.24) is 0 Å². The van der Waals surface area contributed by atoms with Crippen LogP contribution in [0, 0.1) is 0 Å². The zero-order chi connectivity index (χ0) is 54.3. The van der Waals surface area contributed by atoms with Crippen molar-refractivity contribution in [3.8, 4) is 0 Å². The number of esters is 3. The Kier molecular flexibility index (Phi) is 59.3. The standard InChI is InChI=1S/C69H116O6/c1-4-7-10-13-16-18-20-22-24-26-28-30-32-34-36-38-40-42-44-46-48-50-53-56-59-62-68(71)74-65-66(64-73-67(70)61-58-55-52-15-12-9-6-3)75-69(72)63-60-57-54-51-49-47-45-43-41-39-37-35-33-31-29-27-25-23-21-19-17-14-11-8-5-2/h7,10,16,18,21-24,27-30,34,36,40,42,46,48,66H,4-6,8-9,11-15,17,19-20,25-26,31-33,35,37-39,41,43-45,47,49-65H2,1-3H3/b10-7-,18-16-,23-21-,24-22-,29-27-,30-28-,36-34-,42-40-,48-46-. The number of allylic oxidation sites excluding steroid dienone is 18. The molecule has 0 heterocycles. The molecule has 0 amide bonds. The van der Waals surface area contributed by atoms with Gasteiger partial charge < -0.3 is 14.2 Å². The monoisotopic (exact) mass is 1040 g/mol. The van der Waals surface area contributed by atoms with E-state index >= 15 is 0 Å². The summed E-state index contributed by atoms with van der Waals surface area (Å²) < 4.78 is 16.8. The molecule has 6 heteroatoms. The number of carbonyl (C=O) groups is 3. The van der Waals surface area contributed by atoms with E-state index in [1.165, 1.54) is 135 Å². The van der Waals surface area contributed by atoms with Gasteiger partial charge in [-0.15, -0.1) is 0 Å². The van der Waals surface area contributed by atoms with Gasteiger partial charge in [0.2, 0.25) is 0 Å². The second-order valence-electron chi connectivity index (χ2n) is 20.6. The first-order valence-corrected chi connectivity index (χ1v) is 31.4. The van der Waals surface area contributed by atoms with Gasteiger partial charge in [-0.05, 0) is 109 Å². The van der Waals surface area contributed by atoms with E-state index < -0.39 is 6.10 Å². The summed E-state index contributed by atoms with van der Waals surface area (Å²) in [5.41, 5.74) is 0. The molecule has 428 valence electrons. The average molecular weight is 1040 g/mol. The van der Waals surface area contributed by atoms with Gasteiger partial charge in [0.05, 0.1) is 0 Å². The Morgan fingerprint density at radius 1 is 0.280 bits per heavy atom. The molecule has 0 rings (SSSR count). The molecule has 0 saturated heterocycles. The molecular weight excluding hydrogens is 925 g/mol. The van der Waals surface area contributed by atoms with Crippen LogP contribution in [0.3, 0.4) is 0 Å². The lowest BCUT2D eigenvalue weighted by molar-refractivity contribution is -0.167. The third kappa shape index (κ3) is 60.8. The molecule has 0 radical (unpaired) electrons. The van der Waals surface area contributed by atoms with E-state index in [0.29, 0.717) is 19.3 Å². The lowest BCUT2D eigenvalue weighted by atomic mass is 10.0. The number of hydrogen-bond donors (Lipinski definition) is 0. The number of hydrogen-bond acceptors (Lipinski definition) is 6. The molecule has 6 nitrogen and oxygen atoms in total. The van der Waals surface area contributed by atoms with Gasteiger partial charge in [-0.3, -0.25) is 14.4 Å².